The molecule has 1 aromatic rings. The number of anilines is 2. The van der Waals surface area contributed by atoms with E-state index in [1.165, 1.54) is 0 Å². The summed E-state index contributed by atoms with van der Waals surface area (Å²) >= 11 is 0. The normalized spacial score (nSPS) is 11.9. The molecule has 0 spiro atoms. The van der Waals surface area contributed by atoms with E-state index >= 15 is 0 Å². The largest absolute Gasteiger partial charge is 0.394 e. The van der Waals surface area contributed by atoms with Crippen LogP contribution in [0.3, 0.4) is 0 Å². The summed E-state index contributed by atoms with van der Waals surface area (Å²) in [5, 5.41) is 4.50. The predicted octanol–water partition coefficient (Wildman–Crippen LogP) is 2.44. The third-order valence-corrected chi connectivity index (χ3v) is 2.69. The lowest BCUT2D eigenvalue weighted by Crippen LogP contribution is -2.31. The molecule has 1 aromatic heterocycles. The van der Waals surface area contributed by atoms with Crippen molar-refractivity contribution in [3.8, 4) is 0 Å². The minimum absolute atomic E-state index is 0.246. The van der Waals surface area contributed by atoms with Gasteiger partial charge in [-0.1, -0.05) is 34.1 Å². The number of aromatic nitrogens is 2. The quantitative estimate of drug-likeness (QED) is 0.876. The van der Waals surface area contributed by atoms with Crippen LogP contribution in [0.25, 0.3) is 0 Å². The molecule has 0 bridgehead atoms. The summed E-state index contributed by atoms with van der Waals surface area (Å²) in [5.41, 5.74) is 8.28. The van der Waals surface area contributed by atoms with Gasteiger partial charge in [0.2, 0.25) is 0 Å². The summed E-state index contributed by atoms with van der Waals surface area (Å²) in [6.07, 6.45) is 2.02. The molecule has 0 saturated carbocycles. The van der Waals surface area contributed by atoms with Crippen molar-refractivity contribution in [1.29, 1.82) is 0 Å². The standard InChI is InChI=1S/C13H26N4/c1-7-8-10-11(14)12(17(6)15-10)16(5)9-13(2,3)4/h7-9,14H2,1-6H3. The van der Waals surface area contributed by atoms with Gasteiger partial charge in [0.25, 0.3) is 0 Å². The molecule has 0 saturated heterocycles. The Kier molecular flexibility index (Phi) is 4.07. The fourth-order valence-corrected chi connectivity index (χ4v) is 2.25. The molecule has 1 rings (SSSR count). The summed E-state index contributed by atoms with van der Waals surface area (Å²) in [5.74, 6) is 1.03. The number of nitrogen functional groups attached to an aromatic ring is 1. The second-order valence-electron chi connectivity index (χ2n) is 5.97. The zero-order chi connectivity index (χ0) is 13.2. The van der Waals surface area contributed by atoms with Crippen molar-refractivity contribution in [3.63, 3.8) is 0 Å². The lowest BCUT2D eigenvalue weighted by Gasteiger charge is -2.28. The zero-order valence-electron chi connectivity index (χ0n) is 12.0. The highest BCUT2D eigenvalue weighted by Crippen LogP contribution is 2.28. The molecule has 4 heteroatoms. The van der Waals surface area contributed by atoms with Crippen LogP contribution in [-0.2, 0) is 13.5 Å². The van der Waals surface area contributed by atoms with Crippen molar-refractivity contribution in [2.45, 2.75) is 40.5 Å². The fraction of sp³-hybridized carbons (Fsp3) is 0.769. The Morgan fingerprint density at radius 1 is 1.35 bits per heavy atom. The summed E-state index contributed by atoms with van der Waals surface area (Å²) in [4.78, 5) is 2.20. The molecule has 0 amide bonds. The van der Waals surface area contributed by atoms with E-state index in [1.54, 1.807) is 0 Å². The first-order chi connectivity index (χ1) is 7.76. The summed E-state index contributed by atoms with van der Waals surface area (Å²) in [6, 6.07) is 0. The van der Waals surface area contributed by atoms with E-state index in [4.69, 9.17) is 5.73 Å². The molecule has 2 N–H and O–H groups in total. The predicted molar refractivity (Wildman–Crippen MR) is 74.3 cm³/mol. The molecular weight excluding hydrogens is 212 g/mol. The molecule has 0 aliphatic carbocycles. The number of nitrogens with two attached hydrogens (primary N) is 1. The van der Waals surface area contributed by atoms with Crippen LogP contribution in [0.2, 0.25) is 0 Å². The van der Waals surface area contributed by atoms with E-state index < -0.39 is 0 Å². The van der Waals surface area contributed by atoms with Gasteiger partial charge in [0.15, 0.2) is 0 Å². The van der Waals surface area contributed by atoms with Gasteiger partial charge in [0.05, 0.1) is 11.4 Å². The van der Waals surface area contributed by atoms with Crippen LogP contribution >= 0.6 is 0 Å². The van der Waals surface area contributed by atoms with E-state index in [9.17, 15) is 0 Å². The molecule has 0 radical (unpaired) electrons. The second-order valence-corrected chi connectivity index (χ2v) is 5.97. The smallest absolute Gasteiger partial charge is 0.150 e. The van der Waals surface area contributed by atoms with Crippen LogP contribution in [0.4, 0.5) is 11.5 Å². The third kappa shape index (κ3) is 3.38. The lowest BCUT2D eigenvalue weighted by atomic mass is 9.96. The Balaban J connectivity index is 2.97. The van der Waals surface area contributed by atoms with Crippen LogP contribution in [0.1, 0.15) is 39.8 Å². The highest BCUT2D eigenvalue weighted by molar-refractivity contribution is 5.66. The van der Waals surface area contributed by atoms with Gasteiger partial charge in [-0.2, -0.15) is 5.10 Å². The van der Waals surface area contributed by atoms with Crippen LogP contribution < -0.4 is 10.6 Å². The van der Waals surface area contributed by atoms with Crippen molar-refractivity contribution < 1.29 is 0 Å². The number of aryl methyl sites for hydroxylation is 2. The second kappa shape index (κ2) is 4.98. The summed E-state index contributed by atoms with van der Waals surface area (Å²) < 4.78 is 1.89. The monoisotopic (exact) mass is 238 g/mol. The zero-order valence-corrected chi connectivity index (χ0v) is 12.0. The first-order valence-corrected chi connectivity index (χ1v) is 6.28. The van der Waals surface area contributed by atoms with Crippen LogP contribution in [0.5, 0.6) is 0 Å². The van der Waals surface area contributed by atoms with Gasteiger partial charge in [-0.3, -0.25) is 4.68 Å². The maximum atomic E-state index is 6.18. The average Bonchev–Trinajstić information content (AvgIpc) is 2.39. The molecule has 1 heterocycles. The molecule has 0 atom stereocenters. The molecule has 98 valence electrons. The fourth-order valence-electron chi connectivity index (χ4n) is 2.25. The Hall–Kier alpha value is -1.19. The molecule has 0 unspecified atom stereocenters. The minimum Gasteiger partial charge on any atom is -0.394 e. The molecular formula is C13H26N4. The Labute approximate surface area is 105 Å². The first-order valence-electron chi connectivity index (χ1n) is 6.28. The molecule has 4 nitrogen and oxygen atoms in total. The Morgan fingerprint density at radius 2 is 1.94 bits per heavy atom. The van der Waals surface area contributed by atoms with Crippen LogP contribution in [0, 0.1) is 5.41 Å². The highest BCUT2D eigenvalue weighted by atomic mass is 15.4. The first kappa shape index (κ1) is 13.9. The topological polar surface area (TPSA) is 47.1 Å². The number of hydrogen-bond acceptors (Lipinski definition) is 3. The molecule has 0 fully saturated rings. The maximum Gasteiger partial charge on any atom is 0.150 e. The van der Waals surface area contributed by atoms with Crippen molar-refractivity contribution >= 4 is 11.5 Å². The summed E-state index contributed by atoms with van der Waals surface area (Å²) in [7, 11) is 4.04. The van der Waals surface area contributed by atoms with E-state index in [1.807, 2.05) is 11.7 Å². The van der Waals surface area contributed by atoms with E-state index in [-0.39, 0.29) is 5.41 Å². The van der Waals surface area contributed by atoms with Crippen molar-refractivity contribution in [2.75, 3.05) is 24.2 Å². The number of hydrogen-bond donors (Lipinski definition) is 1. The summed E-state index contributed by atoms with van der Waals surface area (Å²) in [6.45, 7) is 9.78. The van der Waals surface area contributed by atoms with Crippen LogP contribution in [-0.4, -0.2) is 23.4 Å². The van der Waals surface area contributed by atoms with Gasteiger partial charge in [0.1, 0.15) is 5.82 Å². The van der Waals surface area contributed by atoms with Crippen molar-refractivity contribution in [2.24, 2.45) is 12.5 Å². The lowest BCUT2D eigenvalue weighted by molar-refractivity contribution is 0.416. The number of rotatable bonds is 4. The van der Waals surface area contributed by atoms with E-state index in [0.717, 1.165) is 36.6 Å². The van der Waals surface area contributed by atoms with Gasteiger partial charge in [0, 0.05) is 20.6 Å². The van der Waals surface area contributed by atoms with Gasteiger partial charge in [-0.15, -0.1) is 0 Å². The van der Waals surface area contributed by atoms with Crippen LogP contribution in [0.15, 0.2) is 0 Å². The van der Waals surface area contributed by atoms with Gasteiger partial charge < -0.3 is 10.6 Å². The molecule has 0 aliphatic heterocycles. The third-order valence-electron chi connectivity index (χ3n) is 2.69. The van der Waals surface area contributed by atoms with E-state index in [0.29, 0.717) is 0 Å². The molecule has 0 aromatic carbocycles. The number of nitrogens with zero attached hydrogens (tertiary/aromatic N) is 3. The van der Waals surface area contributed by atoms with Gasteiger partial charge in [-0.25, -0.2) is 0 Å². The molecule has 0 aliphatic rings. The Bertz CT molecular complexity index is 374. The molecule has 17 heavy (non-hydrogen) atoms. The van der Waals surface area contributed by atoms with Crippen molar-refractivity contribution in [1.82, 2.24) is 9.78 Å². The van der Waals surface area contributed by atoms with Gasteiger partial charge >= 0.3 is 0 Å². The maximum absolute atomic E-state index is 6.18. The minimum atomic E-state index is 0.246. The highest BCUT2D eigenvalue weighted by Gasteiger charge is 2.20. The Morgan fingerprint density at radius 3 is 2.41 bits per heavy atom. The van der Waals surface area contributed by atoms with Gasteiger partial charge in [-0.05, 0) is 11.8 Å². The average molecular weight is 238 g/mol. The van der Waals surface area contributed by atoms with Crippen molar-refractivity contribution in [3.05, 3.63) is 5.69 Å². The SMILES string of the molecule is CCCc1nn(C)c(N(C)CC(C)(C)C)c1N. The van der Waals surface area contributed by atoms with E-state index in [2.05, 4.69) is 44.7 Å².